The molecule has 1 heterocycles. The van der Waals surface area contributed by atoms with E-state index in [-0.39, 0.29) is 0 Å². The zero-order valence-electron chi connectivity index (χ0n) is 7.38. The van der Waals surface area contributed by atoms with Crippen LogP contribution in [0.25, 0.3) is 0 Å². The topological polar surface area (TPSA) is 73.6 Å². The first-order valence-electron chi connectivity index (χ1n) is 4.04. The highest BCUT2D eigenvalue weighted by Crippen LogP contribution is 2.19. The molecule has 0 aliphatic rings. The molecule has 1 aromatic heterocycles. The number of aliphatic hydroxyl groups excluding tert-OH is 3. The molecule has 0 saturated carbocycles. The van der Waals surface area contributed by atoms with Crippen LogP contribution in [0.2, 0.25) is 0 Å². The molecule has 0 saturated heterocycles. The van der Waals surface area contributed by atoms with E-state index < -0.39 is 18.8 Å². The lowest BCUT2D eigenvalue weighted by molar-refractivity contribution is -0.0155. The summed E-state index contributed by atoms with van der Waals surface area (Å²) in [4.78, 5) is 3.86. The first-order chi connectivity index (χ1) is 6.16. The fourth-order valence-corrected chi connectivity index (χ4v) is 1.12. The molecular weight excluding hydrogens is 170 g/mol. The maximum Gasteiger partial charge on any atom is 0.107 e. The average Bonchev–Trinajstić information content (AvgIpc) is 2.16. The minimum absolute atomic E-state index is 0.455. The van der Waals surface area contributed by atoms with Gasteiger partial charge in [0.1, 0.15) is 12.2 Å². The third-order valence-corrected chi connectivity index (χ3v) is 1.93. The standard InChI is InChI=1S/C9H13NO3/c1-6-4-10-3-2-7(6)9(13)8(12)5-11/h2-4,8-9,11-13H,5H2,1H3. The highest BCUT2D eigenvalue weighted by atomic mass is 16.4. The fourth-order valence-electron chi connectivity index (χ4n) is 1.12. The van der Waals surface area contributed by atoms with Gasteiger partial charge >= 0.3 is 0 Å². The van der Waals surface area contributed by atoms with E-state index in [9.17, 15) is 10.2 Å². The Labute approximate surface area is 76.5 Å². The molecular formula is C9H13NO3. The Hall–Kier alpha value is -0.970. The third-order valence-electron chi connectivity index (χ3n) is 1.93. The first kappa shape index (κ1) is 10.1. The van der Waals surface area contributed by atoms with Crippen LogP contribution in [0.3, 0.4) is 0 Å². The van der Waals surface area contributed by atoms with Crippen LogP contribution >= 0.6 is 0 Å². The Kier molecular flexibility index (Phi) is 3.36. The van der Waals surface area contributed by atoms with E-state index in [0.29, 0.717) is 5.56 Å². The molecule has 72 valence electrons. The molecule has 1 rings (SSSR count). The highest BCUT2D eigenvalue weighted by molar-refractivity contribution is 5.24. The maximum atomic E-state index is 9.53. The van der Waals surface area contributed by atoms with Crippen molar-refractivity contribution in [3.05, 3.63) is 29.6 Å². The summed E-state index contributed by atoms with van der Waals surface area (Å²) < 4.78 is 0. The van der Waals surface area contributed by atoms with Gasteiger partial charge in [0.2, 0.25) is 0 Å². The number of aliphatic hydroxyl groups is 3. The van der Waals surface area contributed by atoms with Gasteiger partial charge in [-0.3, -0.25) is 4.98 Å². The molecule has 1 aromatic rings. The van der Waals surface area contributed by atoms with Crippen LogP contribution in [-0.4, -0.2) is 33.0 Å². The highest BCUT2D eigenvalue weighted by Gasteiger charge is 2.18. The summed E-state index contributed by atoms with van der Waals surface area (Å²) in [7, 11) is 0. The number of pyridine rings is 1. The van der Waals surface area contributed by atoms with Crippen LogP contribution in [0.5, 0.6) is 0 Å². The Morgan fingerprint density at radius 3 is 2.69 bits per heavy atom. The molecule has 2 atom stereocenters. The van der Waals surface area contributed by atoms with Crippen LogP contribution in [-0.2, 0) is 0 Å². The van der Waals surface area contributed by atoms with Gasteiger partial charge in [-0.1, -0.05) is 0 Å². The molecule has 0 aromatic carbocycles. The van der Waals surface area contributed by atoms with Gasteiger partial charge in [0.25, 0.3) is 0 Å². The monoisotopic (exact) mass is 183 g/mol. The van der Waals surface area contributed by atoms with Gasteiger partial charge in [-0.2, -0.15) is 0 Å². The summed E-state index contributed by atoms with van der Waals surface area (Å²) in [6.45, 7) is 1.33. The lowest BCUT2D eigenvalue weighted by atomic mass is 10.0. The maximum absolute atomic E-state index is 9.53. The zero-order chi connectivity index (χ0) is 9.84. The van der Waals surface area contributed by atoms with Crippen molar-refractivity contribution in [1.82, 2.24) is 4.98 Å². The zero-order valence-corrected chi connectivity index (χ0v) is 7.38. The molecule has 4 heteroatoms. The number of nitrogens with zero attached hydrogens (tertiary/aromatic N) is 1. The van der Waals surface area contributed by atoms with Crippen molar-refractivity contribution in [3.8, 4) is 0 Å². The molecule has 0 aliphatic carbocycles. The van der Waals surface area contributed by atoms with E-state index in [4.69, 9.17) is 5.11 Å². The van der Waals surface area contributed by atoms with E-state index in [1.54, 1.807) is 19.2 Å². The van der Waals surface area contributed by atoms with Gasteiger partial charge in [0.05, 0.1) is 6.61 Å². The molecule has 0 amide bonds. The second-order valence-electron chi connectivity index (χ2n) is 2.93. The Morgan fingerprint density at radius 2 is 2.15 bits per heavy atom. The Bertz CT molecular complexity index is 277. The van der Waals surface area contributed by atoms with Crippen molar-refractivity contribution < 1.29 is 15.3 Å². The van der Waals surface area contributed by atoms with Crippen molar-refractivity contribution in [2.24, 2.45) is 0 Å². The normalized spacial score (nSPS) is 15.4. The number of hydrogen-bond acceptors (Lipinski definition) is 4. The molecule has 0 fully saturated rings. The number of rotatable bonds is 3. The molecule has 0 bridgehead atoms. The largest absolute Gasteiger partial charge is 0.394 e. The van der Waals surface area contributed by atoms with E-state index in [2.05, 4.69) is 4.98 Å². The quantitative estimate of drug-likeness (QED) is 0.605. The van der Waals surface area contributed by atoms with Crippen molar-refractivity contribution in [2.75, 3.05) is 6.61 Å². The SMILES string of the molecule is Cc1cnccc1C(O)C(O)CO. The van der Waals surface area contributed by atoms with Crippen LogP contribution in [0.1, 0.15) is 17.2 Å². The van der Waals surface area contributed by atoms with Crippen LogP contribution in [0, 0.1) is 6.92 Å². The predicted octanol–water partition coefficient (Wildman–Crippen LogP) is -0.223. The van der Waals surface area contributed by atoms with Crippen LogP contribution < -0.4 is 0 Å². The summed E-state index contributed by atoms with van der Waals surface area (Å²) in [6.07, 6.45) is 0.951. The molecule has 4 nitrogen and oxygen atoms in total. The van der Waals surface area contributed by atoms with E-state index >= 15 is 0 Å². The second kappa shape index (κ2) is 4.32. The van der Waals surface area contributed by atoms with Gasteiger partial charge in [0, 0.05) is 12.4 Å². The molecule has 0 radical (unpaired) electrons. The molecule has 3 N–H and O–H groups in total. The minimum Gasteiger partial charge on any atom is -0.394 e. The number of hydrogen-bond donors (Lipinski definition) is 3. The van der Waals surface area contributed by atoms with Crippen molar-refractivity contribution in [1.29, 1.82) is 0 Å². The van der Waals surface area contributed by atoms with Crippen LogP contribution in [0.4, 0.5) is 0 Å². The summed E-state index contributed by atoms with van der Waals surface area (Å²) >= 11 is 0. The average molecular weight is 183 g/mol. The fraction of sp³-hybridized carbons (Fsp3) is 0.444. The Morgan fingerprint density at radius 1 is 1.46 bits per heavy atom. The van der Waals surface area contributed by atoms with Gasteiger partial charge in [-0.25, -0.2) is 0 Å². The smallest absolute Gasteiger partial charge is 0.107 e. The number of aryl methyl sites for hydroxylation is 1. The third kappa shape index (κ3) is 2.24. The molecule has 0 aliphatic heterocycles. The van der Waals surface area contributed by atoms with E-state index in [0.717, 1.165) is 5.56 Å². The lowest BCUT2D eigenvalue weighted by Crippen LogP contribution is -2.22. The van der Waals surface area contributed by atoms with Gasteiger partial charge in [-0.15, -0.1) is 0 Å². The molecule has 2 unspecified atom stereocenters. The van der Waals surface area contributed by atoms with E-state index in [1.807, 2.05) is 0 Å². The summed E-state index contributed by atoms with van der Waals surface area (Å²) in [6, 6.07) is 1.62. The minimum atomic E-state index is -1.14. The van der Waals surface area contributed by atoms with Gasteiger partial charge in [-0.05, 0) is 24.1 Å². The lowest BCUT2D eigenvalue weighted by Gasteiger charge is -2.17. The van der Waals surface area contributed by atoms with Crippen LogP contribution in [0.15, 0.2) is 18.5 Å². The van der Waals surface area contributed by atoms with Gasteiger partial charge in [0.15, 0.2) is 0 Å². The predicted molar refractivity (Wildman–Crippen MR) is 47.0 cm³/mol. The Balaban J connectivity index is 2.88. The molecule has 0 spiro atoms. The second-order valence-corrected chi connectivity index (χ2v) is 2.93. The number of aromatic nitrogens is 1. The summed E-state index contributed by atoms with van der Waals surface area (Å²) in [5.41, 5.74) is 1.39. The van der Waals surface area contributed by atoms with Crippen molar-refractivity contribution in [2.45, 2.75) is 19.1 Å². The van der Waals surface area contributed by atoms with Gasteiger partial charge < -0.3 is 15.3 Å². The molecule has 13 heavy (non-hydrogen) atoms. The summed E-state index contributed by atoms with van der Waals surface area (Å²) in [5, 5.41) is 27.3. The summed E-state index contributed by atoms with van der Waals surface area (Å²) in [5.74, 6) is 0. The van der Waals surface area contributed by atoms with E-state index in [1.165, 1.54) is 6.20 Å². The van der Waals surface area contributed by atoms with Crippen molar-refractivity contribution >= 4 is 0 Å². The first-order valence-corrected chi connectivity index (χ1v) is 4.04. The van der Waals surface area contributed by atoms with Crippen molar-refractivity contribution in [3.63, 3.8) is 0 Å².